The van der Waals surface area contributed by atoms with Crippen molar-refractivity contribution in [2.45, 2.75) is 26.7 Å². The first-order valence-electron chi connectivity index (χ1n) is 8.02. The first-order chi connectivity index (χ1) is 11.2. The molecule has 0 spiro atoms. The summed E-state index contributed by atoms with van der Waals surface area (Å²) in [6.07, 6.45) is 2.48. The number of anilines is 3. The number of nitriles is 1. The summed E-state index contributed by atoms with van der Waals surface area (Å²) in [7, 11) is 0. The molecule has 0 radical (unpaired) electrons. The molecule has 1 N–H and O–H groups in total. The Balaban J connectivity index is 1.87. The van der Waals surface area contributed by atoms with Gasteiger partial charge in [-0.3, -0.25) is 0 Å². The van der Waals surface area contributed by atoms with Crippen LogP contribution in [0.1, 0.15) is 31.2 Å². The minimum Gasteiger partial charge on any atom is -0.356 e. The maximum Gasteiger partial charge on any atom is 0.136 e. The van der Waals surface area contributed by atoms with Gasteiger partial charge in [0.2, 0.25) is 0 Å². The summed E-state index contributed by atoms with van der Waals surface area (Å²) in [5.74, 6) is 3.11. The zero-order valence-corrected chi connectivity index (χ0v) is 13.6. The van der Waals surface area contributed by atoms with E-state index in [2.05, 4.69) is 33.2 Å². The Hall–Kier alpha value is -2.61. The molecule has 118 valence electrons. The van der Waals surface area contributed by atoms with Gasteiger partial charge in [0.05, 0.1) is 11.3 Å². The Morgan fingerprint density at radius 1 is 1.30 bits per heavy atom. The highest BCUT2D eigenvalue weighted by Crippen LogP contribution is 2.25. The number of aromatic nitrogens is 2. The maximum absolute atomic E-state index is 9.21. The van der Waals surface area contributed by atoms with Gasteiger partial charge < -0.3 is 10.2 Å². The minimum atomic E-state index is 0.608. The van der Waals surface area contributed by atoms with E-state index in [0.717, 1.165) is 36.2 Å². The third kappa shape index (κ3) is 3.59. The standard InChI is InChI=1S/C18H21N5/c1-13-6-5-9-23(12-13)18-10-17(20-14(2)21-18)22-16-8-4-3-7-15(16)11-19/h3-4,7-8,10,13H,5-6,9,12H2,1-2H3,(H,20,21,22). The van der Waals surface area contributed by atoms with Gasteiger partial charge in [-0.15, -0.1) is 0 Å². The van der Waals surface area contributed by atoms with Crippen LogP contribution in [0.25, 0.3) is 0 Å². The zero-order valence-electron chi connectivity index (χ0n) is 13.6. The Morgan fingerprint density at radius 2 is 2.13 bits per heavy atom. The molecule has 1 unspecified atom stereocenters. The second kappa shape index (κ2) is 6.66. The van der Waals surface area contributed by atoms with Crippen LogP contribution in [0.15, 0.2) is 30.3 Å². The second-order valence-corrected chi connectivity index (χ2v) is 6.13. The molecule has 0 bridgehead atoms. The molecule has 2 aromatic rings. The Morgan fingerprint density at radius 3 is 2.91 bits per heavy atom. The number of benzene rings is 1. The topological polar surface area (TPSA) is 64.8 Å². The monoisotopic (exact) mass is 307 g/mol. The van der Waals surface area contributed by atoms with Crippen molar-refractivity contribution in [2.24, 2.45) is 5.92 Å². The Labute approximate surface area is 137 Å². The van der Waals surface area contributed by atoms with Gasteiger partial charge in [0.1, 0.15) is 23.5 Å². The number of nitrogens with one attached hydrogen (secondary N) is 1. The summed E-state index contributed by atoms with van der Waals surface area (Å²) < 4.78 is 0. The van der Waals surface area contributed by atoms with Crippen LogP contribution in [0.5, 0.6) is 0 Å². The number of aryl methyl sites for hydroxylation is 1. The molecule has 5 heteroatoms. The molecule has 23 heavy (non-hydrogen) atoms. The molecule has 1 atom stereocenters. The van der Waals surface area contributed by atoms with Crippen molar-refractivity contribution in [3.8, 4) is 6.07 Å². The van der Waals surface area contributed by atoms with Gasteiger partial charge in [0.15, 0.2) is 0 Å². The molecule has 1 aliphatic heterocycles. The van der Waals surface area contributed by atoms with Crippen molar-refractivity contribution < 1.29 is 0 Å². The maximum atomic E-state index is 9.21. The third-order valence-electron chi connectivity index (χ3n) is 4.12. The van der Waals surface area contributed by atoms with Crippen LogP contribution in [0, 0.1) is 24.2 Å². The van der Waals surface area contributed by atoms with E-state index in [-0.39, 0.29) is 0 Å². The van der Waals surface area contributed by atoms with Gasteiger partial charge in [-0.25, -0.2) is 9.97 Å². The summed E-state index contributed by atoms with van der Waals surface area (Å²) in [4.78, 5) is 11.4. The average Bonchev–Trinajstić information content (AvgIpc) is 2.55. The predicted molar refractivity (Wildman–Crippen MR) is 91.8 cm³/mol. The van der Waals surface area contributed by atoms with Gasteiger partial charge in [-0.1, -0.05) is 19.1 Å². The number of nitrogens with zero attached hydrogens (tertiary/aromatic N) is 4. The molecule has 3 rings (SSSR count). The SMILES string of the molecule is Cc1nc(Nc2ccccc2C#N)cc(N2CCCC(C)C2)n1. The van der Waals surface area contributed by atoms with Crippen molar-refractivity contribution in [1.29, 1.82) is 5.26 Å². The van der Waals surface area contributed by atoms with Crippen molar-refractivity contribution >= 4 is 17.3 Å². The second-order valence-electron chi connectivity index (χ2n) is 6.13. The van der Waals surface area contributed by atoms with Crippen molar-refractivity contribution in [3.63, 3.8) is 0 Å². The lowest BCUT2D eigenvalue weighted by Gasteiger charge is -2.32. The van der Waals surface area contributed by atoms with E-state index in [4.69, 9.17) is 0 Å². The molecule has 1 fully saturated rings. The summed E-state index contributed by atoms with van der Waals surface area (Å²) in [6.45, 7) is 6.25. The van der Waals surface area contributed by atoms with Gasteiger partial charge in [-0.2, -0.15) is 5.26 Å². The van der Waals surface area contributed by atoms with Crippen molar-refractivity contribution in [1.82, 2.24) is 9.97 Å². The molecule has 0 amide bonds. The van der Waals surface area contributed by atoms with Gasteiger partial charge in [-0.05, 0) is 37.8 Å². The quantitative estimate of drug-likeness (QED) is 0.938. The molecule has 0 saturated carbocycles. The Kier molecular flexibility index (Phi) is 4.42. The van der Waals surface area contributed by atoms with Crippen LogP contribution < -0.4 is 10.2 Å². The Bertz CT molecular complexity index is 734. The summed E-state index contributed by atoms with van der Waals surface area (Å²) in [5, 5.41) is 12.5. The first-order valence-corrected chi connectivity index (χ1v) is 8.02. The molecule has 1 aromatic carbocycles. The van der Waals surface area contributed by atoms with E-state index < -0.39 is 0 Å². The van der Waals surface area contributed by atoms with E-state index in [1.54, 1.807) is 6.07 Å². The normalized spacial score (nSPS) is 17.6. The lowest BCUT2D eigenvalue weighted by molar-refractivity contribution is 0.444. The lowest BCUT2D eigenvalue weighted by Crippen LogP contribution is -2.35. The highest BCUT2D eigenvalue weighted by molar-refractivity contribution is 5.66. The molecule has 1 saturated heterocycles. The number of para-hydroxylation sites is 1. The van der Waals surface area contributed by atoms with E-state index >= 15 is 0 Å². The number of piperidine rings is 1. The lowest BCUT2D eigenvalue weighted by atomic mass is 10.0. The number of hydrogen-bond acceptors (Lipinski definition) is 5. The molecule has 2 heterocycles. The first kappa shape index (κ1) is 15.3. The van der Waals surface area contributed by atoms with Crippen molar-refractivity contribution in [2.75, 3.05) is 23.3 Å². The van der Waals surface area contributed by atoms with Gasteiger partial charge in [0.25, 0.3) is 0 Å². The van der Waals surface area contributed by atoms with E-state index in [1.807, 2.05) is 31.2 Å². The van der Waals surface area contributed by atoms with Gasteiger partial charge in [0, 0.05) is 19.2 Å². The molecule has 1 aromatic heterocycles. The highest BCUT2D eigenvalue weighted by Gasteiger charge is 2.18. The van der Waals surface area contributed by atoms with Crippen LogP contribution in [-0.2, 0) is 0 Å². The van der Waals surface area contributed by atoms with Crippen LogP contribution in [-0.4, -0.2) is 23.1 Å². The number of rotatable bonds is 3. The minimum absolute atomic E-state index is 0.608. The predicted octanol–water partition coefficient (Wildman–Crippen LogP) is 3.64. The summed E-state index contributed by atoms with van der Waals surface area (Å²) in [5.41, 5.74) is 1.38. The summed E-state index contributed by atoms with van der Waals surface area (Å²) >= 11 is 0. The zero-order chi connectivity index (χ0) is 16.2. The molecule has 0 aliphatic carbocycles. The van der Waals surface area contributed by atoms with Crippen LogP contribution in [0.3, 0.4) is 0 Å². The van der Waals surface area contributed by atoms with Crippen LogP contribution in [0.2, 0.25) is 0 Å². The van der Waals surface area contributed by atoms with Crippen LogP contribution in [0.4, 0.5) is 17.3 Å². The largest absolute Gasteiger partial charge is 0.356 e. The molecule has 5 nitrogen and oxygen atoms in total. The van der Waals surface area contributed by atoms with E-state index in [1.165, 1.54) is 12.8 Å². The average molecular weight is 307 g/mol. The van der Waals surface area contributed by atoms with Crippen LogP contribution >= 0.6 is 0 Å². The summed E-state index contributed by atoms with van der Waals surface area (Å²) in [6, 6.07) is 11.6. The fourth-order valence-corrected chi connectivity index (χ4v) is 3.00. The fraction of sp³-hybridized carbons (Fsp3) is 0.389. The smallest absolute Gasteiger partial charge is 0.136 e. The van der Waals surface area contributed by atoms with E-state index in [0.29, 0.717) is 11.5 Å². The molecule has 1 aliphatic rings. The number of hydrogen-bond donors (Lipinski definition) is 1. The van der Waals surface area contributed by atoms with Gasteiger partial charge >= 0.3 is 0 Å². The third-order valence-corrected chi connectivity index (χ3v) is 4.12. The van der Waals surface area contributed by atoms with E-state index in [9.17, 15) is 5.26 Å². The molecular formula is C18H21N5. The fourth-order valence-electron chi connectivity index (χ4n) is 3.00. The van der Waals surface area contributed by atoms with Crippen molar-refractivity contribution in [3.05, 3.63) is 41.7 Å². The molecular weight excluding hydrogens is 286 g/mol. The highest BCUT2D eigenvalue weighted by atomic mass is 15.2.